The van der Waals surface area contributed by atoms with Gasteiger partial charge in [-0.15, -0.1) is 0 Å². The van der Waals surface area contributed by atoms with E-state index >= 15 is 0 Å². The highest BCUT2D eigenvalue weighted by Crippen LogP contribution is 2.29. The summed E-state index contributed by atoms with van der Waals surface area (Å²) in [5.41, 5.74) is 0.983. The summed E-state index contributed by atoms with van der Waals surface area (Å²) in [7, 11) is 0. The van der Waals surface area contributed by atoms with Crippen LogP contribution in [0.3, 0.4) is 0 Å². The summed E-state index contributed by atoms with van der Waals surface area (Å²) in [6, 6.07) is 0. The lowest BCUT2D eigenvalue weighted by molar-refractivity contribution is 0.0400. The first-order valence-electron chi connectivity index (χ1n) is 4.16. The van der Waals surface area contributed by atoms with Crippen LogP contribution in [0.5, 0.6) is 0 Å². The first-order valence-corrected chi connectivity index (χ1v) is 4.16. The van der Waals surface area contributed by atoms with Crippen molar-refractivity contribution in [2.24, 2.45) is 5.92 Å². The monoisotopic (exact) mass is 167 g/mol. The van der Waals surface area contributed by atoms with Crippen LogP contribution in [0.15, 0.2) is 24.3 Å². The second-order valence-corrected chi connectivity index (χ2v) is 3.24. The maximum Gasteiger partial charge on any atom is 0.0630 e. The lowest BCUT2D eigenvalue weighted by atomic mass is 9.81. The van der Waals surface area contributed by atoms with E-state index < -0.39 is 12.2 Å². The van der Waals surface area contributed by atoms with Crippen LogP contribution in [0.2, 0.25) is 0 Å². The molecule has 2 nitrogen and oxygen atoms in total. The van der Waals surface area contributed by atoms with Crippen molar-refractivity contribution >= 4 is 0 Å². The van der Waals surface area contributed by atoms with Crippen molar-refractivity contribution in [3.05, 3.63) is 31.2 Å². The zero-order valence-electron chi connectivity index (χ0n) is 7.11. The quantitative estimate of drug-likeness (QED) is 0.613. The molecule has 0 aromatic rings. The highest BCUT2D eigenvalue weighted by Gasteiger charge is 2.28. The smallest absolute Gasteiger partial charge is 0.0630 e. The molecule has 0 aromatic carbocycles. The average Bonchev–Trinajstić information content (AvgIpc) is 2.00. The van der Waals surface area contributed by atoms with Crippen molar-refractivity contribution in [1.29, 1.82) is 0 Å². The summed E-state index contributed by atoms with van der Waals surface area (Å²) >= 11 is 0. The van der Waals surface area contributed by atoms with E-state index in [1.807, 2.05) is 6.08 Å². The fourth-order valence-corrected chi connectivity index (χ4v) is 1.54. The molecule has 0 heterocycles. The molecule has 0 aromatic heterocycles. The first-order chi connectivity index (χ1) is 5.65. The standard InChI is InChI=1S/C10H15O2/c1-3-4-8-5-9(11)6-10(12)7(8)2/h3-4,7,9-12H,1-2,5-6H2/b8-4-. The van der Waals surface area contributed by atoms with E-state index in [1.165, 1.54) is 0 Å². The Morgan fingerprint density at radius 2 is 2.08 bits per heavy atom. The molecule has 12 heavy (non-hydrogen) atoms. The van der Waals surface area contributed by atoms with Gasteiger partial charge in [0, 0.05) is 12.3 Å². The molecule has 1 radical (unpaired) electrons. The summed E-state index contributed by atoms with van der Waals surface area (Å²) in [4.78, 5) is 0. The van der Waals surface area contributed by atoms with Gasteiger partial charge in [-0.05, 0) is 13.3 Å². The Kier molecular flexibility index (Phi) is 3.06. The SMILES string of the molecule is [CH2]C1/C(=C\C=C)CC(O)CC1O. The van der Waals surface area contributed by atoms with Crippen LogP contribution in [-0.2, 0) is 0 Å². The molecule has 1 saturated carbocycles. The lowest BCUT2D eigenvalue weighted by Gasteiger charge is -2.30. The Bertz CT molecular complexity index is 196. The van der Waals surface area contributed by atoms with Gasteiger partial charge in [-0.3, -0.25) is 0 Å². The Morgan fingerprint density at radius 3 is 2.67 bits per heavy atom. The molecule has 1 aliphatic carbocycles. The molecule has 0 spiro atoms. The Balaban J connectivity index is 2.72. The highest BCUT2D eigenvalue weighted by molar-refractivity contribution is 5.19. The first kappa shape index (κ1) is 9.49. The van der Waals surface area contributed by atoms with Gasteiger partial charge < -0.3 is 10.2 Å². The van der Waals surface area contributed by atoms with E-state index in [0.717, 1.165) is 5.57 Å². The minimum atomic E-state index is -0.514. The molecule has 0 saturated heterocycles. The van der Waals surface area contributed by atoms with E-state index in [2.05, 4.69) is 13.5 Å². The van der Waals surface area contributed by atoms with Gasteiger partial charge in [0.25, 0.3) is 0 Å². The fraction of sp³-hybridized carbons (Fsp3) is 0.500. The summed E-state index contributed by atoms with van der Waals surface area (Å²) in [6.07, 6.45) is 3.59. The molecule has 3 unspecified atom stereocenters. The molecule has 2 heteroatoms. The third kappa shape index (κ3) is 1.96. The van der Waals surface area contributed by atoms with E-state index in [0.29, 0.717) is 12.8 Å². The highest BCUT2D eigenvalue weighted by atomic mass is 16.3. The molecule has 0 aliphatic heterocycles. The topological polar surface area (TPSA) is 40.5 Å². The van der Waals surface area contributed by atoms with Crippen LogP contribution in [0.4, 0.5) is 0 Å². The van der Waals surface area contributed by atoms with E-state index in [1.54, 1.807) is 6.08 Å². The fourth-order valence-electron chi connectivity index (χ4n) is 1.54. The van der Waals surface area contributed by atoms with E-state index in [4.69, 9.17) is 0 Å². The third-order valence-corrected chi connectivity index (χ3v) is 2.26. The minimum absolute atomic E-state index is 0.0913. The number of hydrogen-bond donors (Lipinski definition) is 2. The normalized spacial score (nSPS) is 39.9. The molecule has 2 N–H and O–H groups in total. The molecular weight excluding hydrogens is 152 g/mol. The van der Waals surface area contributed by atoms with Gasteiger partial charge in [0.15, 0.2) is 0 Å². The van der Waals surface area contributed by atoms with Gasteiger partial charge in [0.05, 0.1) is 12.2 Å². The van der Waals surface area contributed by atoms with Crippen LogP contribution in [0.1, 0.15) is 12.8 Å². The van der Waals surface area contributed by atoms with Crippen LogP contribution in [0, 0.1) is 12.8 Å². The molecular formula is C10H15O2. The number of hydrogen-bond acceptors (Lipinski definition) is 2. The van der Waals surface area contributed by atoms with Crippen molar-refractivity contribution in [3.63, 3.8) is 0 Å². The minimum Gasteiger partial charge on any atom is -0.393 e. The molecule has 1 rings (SSSR count). The van der Waals surface area contributed by atoms with Crippen molar-refractivity contribution in [1.82, 2.24) is 0 Å². The van der Waals surface area contributed by atoms with Crippen LogP contribution in [-0.4, -0.2) is 22.4 Å². The molecule has 0 amide bonds. The summed E-state index contributed by atoms with van der Waals surface area (Å²) in [6.45, 7) is 7.41. The van der Waals surface area contributed by atoms with Gasteiger partial charge in [-0.1, -0.05) is 24.3 Å². The number of allylic oxidation sites excluding steroid dienone is 2. The second kappa shape index (κ2) is 3.87. The summed E-state index contributed by atoms with van der Waals surface area (Å²) < 4.78 is 0. The molecule has 67 valence electrons. The Labute approximate surface area is 73.2 Å². The van der Waals surface area contributed by atoms with E-state index in [-0.39, 0.29) is 5.92 Å². The number of aliphatic hydroxyl groups excluding tert-OH is 2. The zero-order valence-corrected chi connectivity index (χ0v) is 7.11. The van der Waals surface area contributed by atoms with Gasteiger partial charge >= 0.3 is 0 Å². The third-order valence-electron chi connectivity index (χ3n) is 2.26. The lowest BCUT2D eigenvalue weighted by Crippen LogP contribution is -2.32. The van der Waals surface area contributed by atoms with Crippen molar-refractivity contribution in [2.45, 2.75) is 25.0 Å². The van der Waals surface area contributed by atoms with Crippen LogP contribution < -0.4 is 0 Å². The number of aliphatic hydroxyl groups is 2. The van der Waals surface area contributed by atoms with Gasteiger partial charge in [0.2, 0.25) is 0 Å². The van der Waals surface area contributed by atoms with Gasteiger partial charge in [-0.2, -0.15) is 0 Å². The molecule has 0 bridgehead atoms. The van der Waals surface area contributed by atoms with Crippen LogP contribution >= 0.6 is 0 Å². The second-order valence-electron chi connectivity index (χ2n) is 3.24. The maximum absolute atomic E-state index is 9.45. The largest absolute Gasteiger partial charge is 0.393 e. The molecule has 1 aliphatic rings. The van der Waals surface area contributed by atoms with Crippen molar-refractivity contribution in [3.8, 4) is 0 Å². The predicted molar refractivity (Wildman–Crippen MR) is 48.4 cm³/mol. The Hall–Kier alpha value is -0.600. The van der Waals surface area contributed by atoms with Gasteiger partial charge in [0.1, 0.15) is 0 Å². The maximum atomic E-state index is 9.45. The predicted octanol–water partition coefficient (Wildman–Crippen LogP) is 1.06. The van der Waals surface area contributed by atoms with Crippen molar-refractivity contribution in [2.75, 3.05) is 0 Å². The van der Waals surface area contributed by atoms with Gasteiger partial charge in [-0.25, -0.2) is 0 Å². The number of rotatable bonds is 1. The summed E-state index contributed by atoms with van der Waals surface area (Å²) in [5.74, 6) is -0.0913. The zero-order chi connectivity index (χ0) is 9.14. The average molecular weight is 167 g/mol. The molecule has 1 fully saturated rings. The van der Waals surface area contributed by atoms with Crippen LogP contribution in [0.25, 0.3) is 0 Å². The van der Waals surface area contributed by atoms with E-state index in [9.17, 15) is 10.2 Å². The Morgan fingerprint density at radius 1 is 1.42 bits per heavy atom. The van der Waals surface area contributed by atoms with Crippen molar-refractivity contribution < 1.29 is 10.2 Å². The molecule has 3 atom stereocenters. The summed E-state index contributed by atoms with van der Waals surface area (Å²) in [5, 5.41) is 18.8.